The van der Waals surface area contributed by atoms with Crippen molar-refractivity contribution in [3.63, 3.8) is 0 Å². The number of anilines is 1. The molecule has 1 heterocycles. The molecule has 14 heteroatoms. The van der Waals surface area contributed by atoms with Gasteiger partial charge in [0.05, 0.1) is 31.4 Å². The number of hydrogen-bond acceptors (Lipinski definition) is 9. The fraction of sp³-hybridized carbons (Fsp3) is 0.312. The molecule has 0 atom stereocenters. The highest BCUT2D eigenvalue weighted by atomic mass is 32.2. The van der Waals surface area contributed by atoms with Gasteiger partial charge in [0, 0.05) is 6.54 Å². The lowest BCUT2D eigenvalue weighted by Gasteiger charge is -2.12. The molecule has 0 spiro atoms. The van der Waals surface area contributed by atoms with E-state index in [-0.39, 0.29) is 29.1 Å². The number of amides is 2. The monoisotopic (exact) mass is 459 g/mol. The van der Waals surface area contributed by atoms with Crippen LogP contribution >= 0.6 is 0 Å². The van der Waals surface area contributed by atoms with Crippen molar-refractivity contribution in [1.82, 2.24) is 19.4 Å². The molecule has 0 aliphatic carbocycles. The number of rotatable bonds is 8. The largest absolute Gasteiger partial charge is 0.481 e. The molecule has 2 rings (SSSR count). The fourth-order valence-electron chi connectivity index (χ4n) is 2.23. The van der Waals surface area contributed by atoms with Crippen LogP contribution in [0.5, 0.6) is 11.8 Å². The Labute approximate surface area is 174 Å². The molecule has 0 bridgehead atoms. The summed E-state index contributed by atoms with van der Waals surface area (Å²) in [7, 11) is -5.03. The van der Waals surface area contributed by atoms with Crippen molar-refractivity contribution < 1.29 is 31.1 Å². The number of ether oxygens (including phenoxy) is 2. The van der Waals surface area contributed by atoms with Crippen molar-refractivity contribution in [2.75, 3.05) is 25.8 Å². The molecule has 1 aromatic carbocycles. The summed E-state index contributed by atoms with van der Waals surface area (Å²) in [6, 6.07) is 4.61. The number of nitrogens with zero attached hydrogens (tertiary/aromatic N) is 2. The van der Waals surface area contributed by atoms with Crippen LogP contribution in [-0.2, 0) is 26.6 Å². The van der Waals surface area contributed by atoms with E-state index >= 15 is 0 Å². The number of aromatic nitrogens is 2. The highest BCUT2D eigenvalue weighted by molar-refractivity contribution is 7.90. The normalized spacial score (nSPS) is 11.6. The minimum atomic E-state index is -4.28. The number of carbonyl (C=O) groups excluding carboxylic acids is 1. The van der Waals surface area contributed by atoms with Crippen molar-refractivity contribution in [2.45, 2.75) is 18.4 Å². The van der Waals surface area contributed by atoms with Crippen LogP contribution in [0.3, 0.4) is 0 Å². The van der Waals surface area contributed by atoms with Gasteiger partial charge in [0.1, 0.15) is 0 Å². The number of nitrogens with one attached hydrogen (secondary N) is 3. The van der Waals surface area contributed by atoms with E-state index in [4.69, 9.17) is 9.47 Å². The van der Waals surface area contributed by atoms with Crippen molar-refractivity contribution in [2.24, 2.45) is 0 Å². The zero-order valence-electron chi connectivity index (χ0n) is 16.6. The summed E-state index contributed by atoms with van der Waals surface area (Å²) in [4.78, 5) is 19.8. The van der Waals surface area contributed by atoms with Gasteiger partial charge in [-0.15, -0.1) is 0 Å². The van der Waals surface area contributed by atoms with E-state index in [1.165, 1.54) is 39.3 Å². The lowest BCUT2D eigenvalue weighted by atomic mass is 10.1. The summed E-state index contributed by atoms with van der Waals surface area (Å²) < 4.78 is 61.8. The maximum atomic E-state index is 12.7. The van der Waals surface area contributed by atoms with Crippen LogP contribution in [0.25, 0.3) is 0 Å². The smallest absolute Gasteiger partial charge is 0.335 e. The number of urea groups is 1. The van der Waals surface area contributed by atoms with Crippen LogP contribution < -0.4 is 24.2 Å². The van der Waals surface area contributed by atoms with Crippen molar-refractivity contribution in [3.8, 4) is 11.8 Å². The molecule has 0 saturated carbocycles. The Balaban J connectivity index is 2.21. The third-order valence-electron chi connectivity index (χ3n) is 3.63. The molecule has 3 N–H and O–H groups in total. The van der Waals surface area contributed by atoms with Gasteiger partial charge in [0.15, 0.2) is 0 Å². The minimum Gasteiger partial charge on any atom is -0.481 e. The number of carbonyl (C=O) groups is 1. The van der Waals surface area contributed by atoms with E-state index in [9.17, 15) is 21.6 Å². The molecule has 0 aliphatic rings. The Kier molecular flexibility index (Phi) is 7.17. The van der Waals surface area contributed by atoms with Crippen molar-refractivity contribution in [1.29, 1.82) is 0 Å². The average Bonchev–Trinajstić information content (AvgIpc) is 2.65. The number of aryl methyl sites for hydroxylation is 1. The maximum Gasteiger partial charge on any atom is 0.335 e. The fourth-order valence-corrected chi connectivity index (χ4v) is 3.86. The van der Waals surface area contributed by atoms with Gasteiger partial charge in [-0.05, 0) is 24.1 Å². The van der Waals surface area contributed by atoms with Crippen LogP contribution in [-0.4, -0.2) is 53.3 Å². The van der Waals surface area contributed by atoms with E-state index in [1.54, 1.807) is 6.07 Å². The zero-order chi connectivity index (χ0) is 22.5. The lowest BCUT2D eigenvalue weighted by Crippen LogP contribution is -2.35. The second-order valence-electron chi connectivity index (χ2n) is 6.03. The molecule has 1 aromatic heterocycles. The molecule has 164 valence electrons. The Hall–Kier alpha value is -2.97. The minimum absolute atomic E-state index is 0.0990. The topological polar surface area (TPSA) is 166 Å². The Morgan fingerprint density at radius 3 is 2.17 bits per heavy atom. The summed E-state index contributed by atoms with van der Waals surface area (Å²) >= 11 is 0. The Bertz CT molecular complexity index is 1130. The number of benzene rings is 1. The number of sulfonamides is 2. The molecule has 30 heavy (non-hydrogen) atoms. The molecule has 2 amide bonds. The Morgan fingerprint density at radius 2 is 1.63 bits per heavy atom. The SMILES string of the molecule is COc1cc(OC)nc(NC(=O)NS(=O)(=O)c2cc(CNS(C)(=O)=O)ccc2C)n1. The van der Waals surface area contributed by atoms with Gasteiger partial charge in [-0.1, -0.05) is 12.1 Å². The maximum absolute atomic E-state index is 12.7. The van der Waals surface area contributed by atoms with Crippen LogP contribution in [0.2, 0.25) is 0 Å². The third kappa shape index (κ3) is 6.53. The second-order valence-corrected chi connectivity index (χ2v) is 9.51. The average molecular weight is 460 g/mol. The molecule has 0 fully saturated rings. The second kappa shape index (κ2) is 9.23. The lowest BCUT2D eigenvalue weighted by molar-refractivity contribution is 0.256. The van der Waals surface area contributed by atoms with Crippen LogP contribution in [0, 0.1) is 6.92 Å². The molecular weight excluding hydrogens is 438 g/mol. The van der Waals surface area contributed by atoms with Crippen LogP contribution in [0.15, 0.2) is 29.2 Å². The summed E-state index contributed by atoms with van der Waals surface area (Å²) in [5.41, 5.74) is 0.755. The number of methoxy groups -OCH3 is 2. The molecule has 0 saturated heterocycles. The highest BCUT2D eigenvalue weighted by Crippen LogP contribution is 2.19. The predicted molar refractivity (Wildman–Crippen MR) is 107 cm³/mol. The van der Waals surface area contributed by atoms with Gasteiger partial charge in [-0.3, -0.25) is 5.32 Å². The van der Waals surface area contributed by atoms with Gasteiger partial charge in [0.2, 0.25) is 27.7 Å². The summed E-state index contributed by atoms with van der Waals surface area (Å²) in [6.45, 7) is 1.43. The first-order valence-corrected chi connectivity index (χ1v) is 11.7. The highest BCUT2D eigenvalue weighted by Gasteiger charge is 2.21. The Morgan fingerprint density at radius 1 is 1.03 bits per heavy atom. The van der Waals surface area contributed by atoms with Crippen molar-refractivity contribution >= 4 is 32.0 Å². The molecule has 0 aliphatic heterocycles. The first kappa shape index (κ1) is 23.3. The molecule has 0 unspecified atom stereocenters. The molecular formula is C16H21N5O7S2. The van der Waals surface area contributed by atoms with E-state index < -0.39 is 26.1 Å². The summed E-state index contributed by atoms with van der Waals surface area (Å²) in [6.07, 6.45) is 0.986. The van der Waals surface area contributed by atoms with Gasteiger partial charge < -0.3 is 9.47 Å². The molecule has 2 aromatic rings. The van der Waals surface area contributed by atoms with Crippen molar-refractivity contribution in [3.05, 3.63) is 35.4 Å². The van der Waals surface area contributed by atoms with Gasteiger partial charge >= 0.3 is 6.03 Å². The molecule has 12 nitrogen and oxygen atoms in total. The van der Waals surface area contributed by atoms with E-state index in [2.05, 4.69) is 20.0 Å². The van der Waals surface area contributed by atoms with Gasteiger partial charge in [0.25, 0.3) is 10.0 Å². The molecule has 0 radical (unpaired) electrons. The first-order valence-electron chi connectivity index (χ1n) is 8.28. The summed E-state index contributed by atoms with van der Waals surface area (Å²) in [5, 5.41) is 2.19. The van der Waals surface area contributed by atoms with Crippen LogP contribution in [0.1, 0.15) is 11.1 Å². The number of hydrogen-bond donors (Lipinski definition) is 3. The van der Waals surface area contributed by atoms with Crippen LogP contribution in [0.4, 0.5) is 10.7 Å². The van der Waals surface area contributed by atoms with Gasteiger partial charge in [-0.25, -0.2) is 31.1 Å². The quantitative estimate of drug-likeness (QED) is 0.505. The predicted octanol–water partition coefficient (Wildman–Crippen LogP) is 0.362. The third-order valence-corrected chi connectivity index (χ3v) is 5.77. The zero-order valence-corrected chi connectivity index (χ0v) is 18.2. The van der Waals surface area contributed by atoms with Gasteiger partial charge in [-0.2, -0.15) is 9.97 Å². The van der Waals surface area contributed by atoms with E-state index in [0.29, 0.717) is 11.1 Å². The first-order chi connectivity index (χ1) is 13.9. The van der Waals surface area contributed by atoms with E-state index in [1.807, 2.05) is 4.72 Å². The van der Waals surface area contributed by atoms with E-state index in [0.717, 1.165) is 6.26 Å². The standard InChI is InChI=1S/C16H21N5O7S2/c1-10-5-6-11(9-17-29(4,23)24)7-12(10)30(25,26)21-16(22)20-15-18-13(27-2)8-14(19-15)28-3/h5-8,17H,9H2,1-4H3,(H2,18,19,20,21,22). The summed E-state index contributed by atoms with van der Waals surface area (Å²) in [5.74, 6) is -0.0365.